The van der Waals surface area contributed by atoms with Crippen LogP contribution in [0, 0.1) is 10.8 Å². The van der Waals surface area contributed by atoms with Crippen molar-refractivity contribution in [2.45, 2.75) is 57.9 Å². The number of phenols is 1. The van der Waals surface area contributed by atoms with Crippen LogP contribution >= 0.6 is 0 Å². The summed E-state index contributed by atoms with van der Waals surface area (Å²) < 4.78 is 0. The largest absolute Gasteiger partial charge is 0.508 e. The molecule has 1 amide bonds. The molecule has 0 radical (unpaired) electrons. The third-order valence-corrected chi connectivity index (χ3v) is 6.01. The van der Waals surface area contributed by atoms with Crippen LogP contribution in [-0.4, -0.2) is 28.1 Å². The predicted molar refractivity (Wildman–Crippen MR) is 89.6 cm³/mol. The van der Waals surface area contributed by atoms with Gasteiger partial charge in [0, 0.05) is 11.5 Å². The van der Waals surface area contributed by atoms with Gasteiger partial charge in [-0.3, -0.25) is 9.59 Å². The number of carboxylic acid groups (broad SMARTS) is 1. The summed E-state index contributed by atoms with van der Waals surface area (Å²) in [4.78, 5) is 24.3. The van der Waals surface area contributed by atoms with Gasteiger partial charge in [-0.15, -0.1) is 0 Å². The molecule has 5 nitrogen and oxygen atoms in total. The second-order valence-corrected chi connectivity index (χ2v) is 7.61. The number of carbonyl (C=O) groups excluding carboxylic acids is 1. The van der Waals surface area contributed by atoms with Gasteiger partial charge in [0.15, 0.2) is 0 Å². The third-order valence-electron chi connectivity index (χ3n) is 6.01. The van der Waals surface area contributed by atoms with Gasteiger partial charge in [0.05, 0.1) is 5.41 Å². The molecule has 3 N–H and O–H groups in total. The topological polar surface area (TPSA) is 86.6 Å². The molecule has 0 heterocycles. The first kappa shape index (κ1) is 16.8. The molecule has 3 fully saturated rings. The van der Waals surface area contributed by atoms with Crippen molar-refractivity contribution < 1.29 is 19.8 Å². The Morgan fingerprint density at radius 2 is 1.71 bits per heavy atom. The number of fused-ring (bicyclic) bond motifs is 3. The first-order valence-corrected chi connectivity index (χ1v) is 8.68. The Morgan fingerprint density at radius 1 is 1.12 bits per heavy atom. The zero-order valence-electron chi connectivity index (χ0n) is 14.0. The minimum atomic E-state index is -0.700. The Balaban J connectivity index is 1.60. The second-order valence-electron chi connectivity index (χ2n) is 7.61. The SMILES string of the molecule is CC(Cc1cccc(O)c1)NC(=O)C12CCC(C(=O)O)(CC1)CC2. The molecule has 0 aliphatic heterocycles. The number of carboxylic acids is 1. The number of benzene rings is 1. The number of aromatic hydroxyl groups is 1. The molecule has 0 aromatic heterocycles. The summed E-state index contributed by atoms with van der Waals surface area (Å²) in [6, 6.07) is 7.05. The minimum absolute atomic E-state index is 0.0261. The molecule has 4 rings (SSSR count). The molecular formula is C19H25NO4. The molecule has 0 spiro atoms. The van der Waals surface area contributed by atoms with Gasteiger partial charge in [0.25, 0.3) is 0 Å². The molecule has 1 aromatic rings. The van der Waals surface area contributed by atoms with E-state index in [0.29, 0.717) is 44.9 Å². The molecule has 5 heteroatoms. The van der Waals surface area contributed by atoms with E-state index in [2.05, 4.69) is 5.32 Å². The normalized spacial score (nSPS) is 29.9. The van der Waals surface area contributed by atoms with Crippen LogP contribution in [0.2, 0.25) is 0 Å². The molecule has 1 unspecified atom stereocenters. The second kappa shape index (κ2) is 6.11. The van der Waals surface area contributed by atoms with Gasteiger partial charge in [-0.25, -0.2) is 0 Å². The van der Waals surface area contributed by atoms with Gasteiger partial charge in [0.1, 0.15) is 5.75 Å². The van der Waals surface area contributed by atoms with Crippen molar-refractivity contribution in [1.82, 2.24) is 5.32 Å². The van der Waals surface area contributed by atoms with Crippen LogP contribution in [0.15, 0.2) is 24.3 Å². The number of hydrogen-bond donors (Lipinski definition) is 3. The summed E-state index contributed by atoms with van der Waals surface area (Å²) in [6.45, 7) is 1.96. The van der Waals surface area contributed by atoms with Crippen molar-refractivity contribution in [1.29, 1.82) is 0 Å². The van der Waals surface area contributed by atoms with Gasteiger partial charge in [-0.05, 0) is 69.6 Å². The first-order chi connectivity index (χ1) is 11.4. The van der Waals surface area contributed by atoms with Gasteiger partial charge < -0.3 is 15.5 Å². The van der Waals surface area contributed by atoms with E-state index < -0.39 is 11.4 Å². The quantitative estimate of drug-likeness (QED) is 0.774. The number of aliphatic carboxylic acids is 1. The fourth-order valence-electron chi connectivity index (χ4n) is 4.31. The van der Waals surface area contributed by atoms with Crippen molar-refractivity contribution in [2.24, 2.45) is 10.8 Å². The van der Waals surface area contributed by atoms with Gasteiger partial charge in [-0.1, -0.05) is 12.1 Å². The number of phenolic OH excluding ortho intramolecular Hbond substituents is 1. The lowest BCUT2D eigenvalue weighted by Crippen LogP contribution is -2.53. The number of hydrogen-bond acceptors (Lipinski definition) is 3. The lowest BCUT2D eigenvalue weighted by atomic mass is 9.53. The first-order valence-electron chi connectivity index (χ1n) is 8.68. The smallest absolute Gasteiger partial charge is 0.309 e. The standard InChI is InChI=1S/C19H25NO4/c1-13(11-14-3-2-4-15(21)12-14)20-16(22)18-5-8-19(9-6-18,10-7-18)17(23)24/h2-4,12-13,21H,5-11H2,1H3,(H,20,22)(H,23,24). The molecule has 3 aliphatic carbocycles. The number of rotatable bonds is 5. The highest BCUT2D eigenvalue weighted by Gasteiger charge is 2.55. The Kier molecular flexibility index (Phi) is 4.28. The Bertz CT molecular complexity index is 630. The summed E-state index contributed by atoms with van der Waals surface area (Å²) in [5.74, 6) is -0.406. The van der Waals surface area contributed by atoms with Crippen LogP contribution < -0.4 is 5.32 Å². The lowest BCUT2D eigenvalue weighted by Gasteiger charge is -2.50. The van der Waals surface area contributed by atoms with Gasteiger partial charge >= 0.3 is 5.97 Å². The highest BCUT2D eigenvalue weighted by atomic mass is 16.4. The Morgan fingerprint density at radius 3 is 2.25 bits per heavy atom. The van der Waals surface area contributed by atoms with Crippen LogP contribution in [0.25, 0.3) is 0 Å². The van der Waals surface area contributed by atoms with E-state index in [1.807, 2.05) is 13.0 Å². The maximum absolute atomic E-state index is 12.8. The van der Waals surface area contributed by atoms with Gasteiger partial charge in [-0.2, -0.15) is 0 Å². The molecule has 24 heavy (non-hydrogen) atoms. The van der Waals surface area contributed by atoms with E-state index in [1.165, 1.54) is 0 Å². The van der Waals surface area contributed by atoms with Crippen molar-refractivity contribution in [2.75, 3.05) is 0 Å². The van der Waals surface area contributed by atoms with Crippen molar-refractivity contribution >= 4 is 11.9 Å². The monoisotopic (exact) mass is 331 g/mol. The minimum Gasteiger partial charge on any atom is -0.508 e. The average molecular weight is 331 g/mol. The summed E-state index contributed by atoms with van der Waals surface area (Å²) >= 11 is 0. The summed E-state index contributed by atoms with van der Waals surface area (Å²) in [7, 11) is 0. The van der Waals surface area contributed by atoms with Crippen LogP contribution in [0.4, 0.5) is 0 Å². The molecule has 2 bridgehead atoms. The zero-order valence-corrected chi connectivity index (χ0v) is 14.0. The van der Waals surface area contributed by atoms with E-state index in [4.69, 9.17) is 0 Å². The molecule has 3 saturated carbocycles. The highest BCUT2D eigenvalue weighted by molar-refractivity contribution is 5.85. The summed E-state index contributed by atoms with van der Waals surface area (Å²) in [6.07, 6.45) is 4.50. The fourth-order valence-corrected chi connectivity index (χ4v) is 4.31. The van der Waals surface area contributed by atoms with E-state index in [1.54, 1.807) is 18.2 Å². The van der Waals surface area contributed by atoms with Crippen LogP contribution in [0.5, 0.6) is 5.75 Å². The van der Waals surface area contributed by atoms with E-state index in [9.17, 15) is 19.8 Å². The molecule has 0 saturated heterocycles. The number of amides is 1. The van der Waals surface area contributed by atoms with Gasteiger partial charge in [0.2, 0.25) is 5.91 Å². The zero-order chi connectivity index (χ0) is 17.4. The van der Waals surface area contributed by atoms with Crippen molar-refractivity contribution in [3.8, 4) is 5.75 Å². The molecular weight excluding hydrogens is 306 g/mol. The van der Waals surface area contributed by atoms with Crippen LogP contribution in [0.3, 0.4) is 0 Å². The number of carbonyl (C=O) groups is 2. The van der Waals surface area contributed by atoms with Crippen molar-refractivity contribution in [3.05, 3.63) is 29.8 Å². The maximum atomic E-state index is 12.8. The number of nitrogens with one attached hydrogen (secondary N) is 1. The average Bonchev–Trinajstić information content (AvgIpc) is 2.56. The van der Waals surface area contributed by atoms with Crippen LogP contribution in [0.1, 0.15) is 51.0 Å². The maximum Gasteiger partial charge on any atom is 0.309 e. The van der Waals surface area contributed by atoms with Crippen LogP contribution in [-0.2, 0) is 16.0 Å². The predicted octanol–water partition coefficient (Wildman–Crippen LogP) is 2.86. The summed E-state index contributed by atoms with van der Waals surface area (Å²) in [5.41, 5.74) is 0.0111. The Hall–Kier alpha value is -2.04. The van der Waals surface area contributed by atoms with E-state index in [0.717, 1.165) is 5.56 Å². The molecule has 1 aromatic carbocycles. The lowest BCUT2D eigenvalue weighted by molar-refractivity contribution is -0.163. The molecule has 130 valence electrons. The fraction of sp³-hybridized carbons (Fsp3) is 0.579. The molecule has 1 atom stereocenters. The van der Waals surface area contributed by atoms with E-state index >= 15 is 0 Å². The highest BCUT2D eigenvalue weighted by Crippen LogP contribution is 2.57. The summed E-state index contributed by atoms with van der Waals surface area (Å²) in [5, 5.41) is 22.1. The Labute approximate surface area is 142 Å². The van der Waals surface area contributed by atoms with Crippen molar-refractivity contribution in [3.63, 3.8) is 0 Å². The molecule has 3 aliphatic rings. The van der Waals surface area contributed by atoms with E-state index in [-0.39, 0.29) is 23.1 Å². The third kappa shape index (κ3) is 2.99.